The average Bonchev–Trinajstić information content (AvgIpc) is 3.33. The van der Waals surface area contributed by atoms with E-state index in [0.717, 1.165) is 0 Å². The molecule has 6 aromatic carbocycles. The van der Waals surface area contributed by atoms with Crippen molar-refractivity contribution in [1.82, 2.24) is 9.97 Å². The molecule has 0 amide bonds. The van der Waals surface area contributed by atoms with Crippen molar-refractivity contribution in [3.63, 3.8) is 0 Å². The van der Waals surface area contributed by atoms with Crippen LogP contribution >= 0.6 is 0 Å². The van der Waals surface area contributed by atoms with Crippen LogP contribution in [0.5, 0.6) is 11.5 Å². The quantitative estimate of drug-likeness (QED) is 0.103. The average molecular weight is 833 g/mol. The first kappa shape index (κ1) is 41.8. The maximum Gasteiger partial charge on any atom is 0.339 e. The number of carbonyl (C=O) groups excluding carboxylic acids is 2. The van der Waals surface area contributed by atoms with Gasteiger partial charge in [-0.05, 0) is 48.2 Å². The second kappa shape index (κ2) is 19.2. The van der Waals surface area contributed by atoms with Gasteiger partial charge in [0.25, 0.3) is 0 Å². The van der Waals surface area contributed by atoms with Crippen LogP contribution in [0, 0.1) is 0 Å². The van der Waals surface area contributed by atoms with E-state index >= 15 is 0 Å². The molecular weight excluding hydrogens is 789 g/mol. The second-order valence-corrected chi connectivity index (χ2v) is 14.5. The van der Waals surface area contributed by atoms with Crippen molar-refractivity contribution in [1.29, 1.82) is 0 Å². The van der Waals surface area contributed by atoms with E-state index in [1.165, 1.54) is 0 Å². The van der Waals surface area contributed by atoms with Gasteiger partial charge in [-0.2, -0.15) is 0 Å². The molecule has 2 N–H and O–H groups in total. The summed E-state index contributed by atoms with van der Waals surface area (Å²) in [5, 5.41) is 25.4. The van der Waals surface area contributed by atoms with Gasteiger partial charge < -0.3 is 24.4 Å². The van der Waals surface area contributed by atoms with Crippen LogP contribution < -0.4 is 0 Å². The number of ether oxygens (including phenoxy) is 3. The zero-order chi connectivity index (χ0) is 43.7. The van der Waals surface area contributed by atoms with Crippen molar-refractivity contribution in [3.05, 3.63) is 193 Å². The lowest BCUT2D eigenvalue weighted by Gasteiger charge is -2.26. The fourth-order valence-electron chi connectivity index (χ4n) is 8.15. The highest BCUT2D eigenvalue weighted by Crippen LogP contribution is 2.51. The number of phenols is 2. The number of benzene rings is 6. The molecule has 0 radical (unpaired) electrons. The van der Waals surface area contributed by atoms with E-state index in [2.05, 4.69) is 9.97 Å². The van der Waals surface area contributed by atoms with Gasteiger partial charge in [0, 0.05) is 80.4 Å². The molecule has 8 rings (SSSR count). The third-order valence-electron chi connectivity index (χ3n) is 10.8. The summed E-state index contributed by atoms with van der Waals surface area (Å²) in [6.07, 6.45) is 6.56. The van der Waals surface area contributed by atoms with E-state index in [9.17, 15) is 19.8 Å². The predicted molar refractivity (Wildman–Crippen MR) is 245 cm³/mol. The Morgan fingerprint density at radius 3 is 1.05 bits per heavy atom. The van der Waals surface area contributed by atoms with E-state index in [0.29, 0.717) is 77.9 Å². The molecular formula is C54H44N2O7. The van der Waals surface area contributed by atoms with Crippen LogP contribution in [0.4, 0.5) is 0 Å². The SMILES string of the molecule is CCOC(=O)c1c(-c2ccccc2)c(COCc2c(O)c(-c3cccnc3)c(-c3ccccc3)c(C(=O)OCC)c2-c2ccccc2)c(O)c(-c2cccnc2)c1-c1ccccc1. The number of aromatic hydroxyl groups is 2. The lowest BCUT2D eigenvalue weighted by atomic mass is 9.82. The summed E-state index contributed by atoms with van der Waals surface area (Å²) in [5.74, 6) is -1.41. The Bertz CT molecular complexity index is 2660. The summed E-state index contributed by atoms with van der Waals surface area (Å²) in [6, 6.07) is 44.6. The Morgan fingerprint density at radius 1 is 0.429 bits per heavy atom. The normalized spacial score (nSPS) is 11.0. The number of hydrogen-bond donors (Lipinski definition) is 2. The number of pyridine rings is 2. The molecule has 2 heterocycles. The van der Waals surface area contributed by atoms with Crippen LogP contribution in [-0.2, 0) is 27.4 Å². The molecule has 312 valence electrons. The molecule has 0 saturated carbocycles. The minimum atomic E-state index is -0.581. The molecule has 0 bridgehead atoms. The molecule has 0 fully saturated rings. The molecule has 0 atom stereocenters. The number of rotatable bonds is 14. The van der Waals surface area contributed by atoms with E-state index in [1.807, 2.05) is 133 Å². The molecule has 9 nitrogen and oxygen atoms in total. The third kappa shape index (κ3) is 8.42. The van der Waals surface area contributed by atoms with E-state index in [4.69, 9.17) is 14.2 Å². The Morgan fingerprint density at radius 2 is 0.746 bits per heavy atom. The third-order valence-corrected chi connectivity index (χ3v) is 10.8. The van der Waals surface area contributed by atoms with Crippen molar-refractivity contribution >= 4 is 11.9 Å². The van der Waals surface area contributed by atoms with Gasteiger partial charge in [0.1, 0.15) is 11.5 Å². The van der Waals surface area contributed by atoms with Crippen molar-refractivity contribution in [3.8, 4) is 78.3 Å². The van der Waals surface area contributed by atoms with Gasteiger partial charge in [-0.25, -0.2) is 9.59 Å². The molecule has 2 aromatic heterocycles. The maximum atomic E-state index is 14.5. The van der Waals surface area contributed by atoms with Crippen LogP contribution in [0.3, 0.4) is 0 Å². The number of aromatic nitrogens is 2. The van der Waals surface area contributed by atoms with E-state index in [1.54, 1.807) is 50.8 Å². The van der Waals surface area contributed by atoms with Crippen LogP contribution in [0.2, 0.25) is 0 Å². The fourth-order valence-corrected chi connectivity index (χ4v) is 8.15. The lowest BCUT2D eigenvalue weighted by molar-refractivity contribution is 0.0518. The summed E-state index contributed by atoms with van der Waals surface area (Å²) in [5.41, 5.74) is 7.45. The highest BCUT2D eigenvalue weighted by Gasteiger charge is 2.33. The topological polar surface area (TPSA) is 128 Å². The summed E-state index contributed by atoms with van der Waals surface area (Å²) in [4.78, 5) is 37.7. The molecule has 0 aliphatic rings. The number of esters is 2. The number of nitrogens with zero attached hydrogens (tertiary/aromatic N) is 2. The van der Waals surface area contributed by atoms with Crippen LogP contribution in [-0.4, -0.2) is 45.3 Å². The Hall–Kier alpha value is -7.88. The first-order chi connectivity index (χ1) is 30.9. The summed E-state index contributed by atoms with van der Waals surface area (Å²) >= 11 is 0. The van der Waals surface area contributed by atoms with Gasteiger partial charge in [0.15, 0.2) is 0 Å². The van der Waals surface area contributed by atoms with Gasteiger partial charge in [-0.3, -0.25) is 9.97 Å². The van der Waals surface area contributed by atoms with E-state index < -0.39 is 11.9 Å². The Kier molecular flexibility index (Phi) is 12.8. The minimum Gasteiger partial charge on any atom is -0.507 e. The number of phenolic OH excluding ortho intramolecular Hbond substituents is 2. The van der Waals surface area contributed by atoms with Gasteiger partial charge >= 0.3 is 11.9 Å². The Labute approximate surface area is 365 Å². The van der Waals surface area contributed by atoms with Gasteiger partial charge in [0.2, 0.25) is 0 Å². The smallest absolute Gasteiger partial charge is 0.339 e. The second-order valence-electron chi connectivity index (χ2n) is 14.5. The number of hydrogen-bond acceptors (Lipinski definition) is 9. The summed E-state index contributed by atoms with van der Waals surface area (Å²) < 4.78 is 18.3. The first-order valence-electron chi connectivity index (χ1n) is 20.7. The predicted octanol–water partition coefficient (Wildman–Crippen LogP) is 12.0. The molecule has 9 heteroatoms. The Balaban J connectivity index is 1.40. The van der Waals surface area contributed by atoms with Gasteiger partial charge in [-0.1, -0.05) is 133 Å². The van der Waals surface area contributed by atoms with Crippen LogP contribution in [0.15, 0.2) is 170 Å². The maximum absolute atomic E-state index is 14.5. The zero-order valence-corrected chi connectivity index (χ0v) is 34.8. The minimum absolute atomic E-state index is 0.110. The standard InChI is InChI=1S/C54H44N2O7/c1-3-62-53(59)49-43(35-19-9-5-10-20-35)41(51(57)47(39-27-17-29-55-31-39)45(49)37-23-13-7-14-24-37)33-61-34-42-44(36-21-11-6-12-22-36)50(54(60)63-4-2)46(38-25-15-8-16-26-38)48(52(42)58)40-28-18-30-56-32-40/h5-32,57-58H,3-4,33-34H2,1-2H3. The highest BCUT2D eigenvalue weighted by molar-refractivity contribution is 6.12. The van der Waals surface area contributed by atoms with Crippen LogP contribution in [0.25, 0.3) is 66.8 Å². The van der Waals surface area contributed by atoms with Gasteiger partial charge in [0.05, 0.1) is 37.6 Å². The van der Waals surface area contributed by atoms with Crippen molar-refractivity contribution in [2.24, 2.45) is 0 Å². The van der Waals surface area contributed by atoms with Crippen molar-refractivity contribution in [2.75, 3.05) is 13.2 Å². The fraction of sp³-hybridized carbons (Fsp3) is 0.111. The summed E-state index contributed by atoms with van der Waals surface area (Å²) in [6.45, 7) is 3.24. The zero-order valence-electron chi connectivity index (χ0n) is 34.8. The summed E-state index contributed by atoms with van der Waals surface area (Å²) in [7, 11) is 0. The molecule has 0 aliphatic carbocycles. The van der Waals surface area contributed by atoms with Crippen LogP contribution in [0.1, 0.15) is 45.7 Å². The van der Waals surface area contributed by atoms with Gasteiger partial charge in [-0.15, -0.1) is 0 Å². The molecule has 8 aromatic rings. The first-order valence-corrected chi connectivity index (χ1v) is 20.7. The number of carbonyl (C=O) groups is 2. The monoisotopic (exact) mass is 832 g/mol. The van der Waals surface area contributed by atoms with Crippen molar-refractivity contribution in [2.45, 2.75) is 27.1 Å². The largest absolute Gasteiger partial charge is 0.507 e. The molecule has 0 unspecified atom stereocenters. The highest BCUT2D eigenvalue weighted by atomic mass is 16.5. The molecule has 0 aliphatic heterocycles. The molecule has 0 saturated heterocycles. The molecule has 0 spiro atoms. The lowest BCUT2D eigenvalue weighted by Crippen LogP contribution is -2.14. The molecule has 63 heavy (non-hydrogen) atoms. The van der Waals surface area contributed by atoms with E-state index in [-0.39, 0.29) is 49.1 Å². The van der Waals surface area contributed by atoms with Crippen molar-refractivity contribution < 1.29 is 34.0 Å².